The Morgan fingerprint density at radius 1 is 1.57 bits per heavy atom. The highest BCUT2D eigenvalue weighted by atomic mass is 127. The lowest BCUT2D eigenvalue weighted by molar-refractivity contribution is 0.457. The van der Waals surface area contributed by atoms with Gasteiger partial charge >= 0.3 is 0 Å². The van der Waals surface area contributed by atoms with E-state index in [2.05, 4.69) is 47.3 Å². The molecule has 0 saturated heterocycles. The summed E-state index contributed by atoms with van der Waals surface area (Å²) >= 11 is 6.84. The van der Waals surface area contributed by atoms with Gasteiger partial charge in [-0.15, -0.1) is 0 Å². The second-order valence-electron chi connectivity index (χ2n) is 3.28. The number of hydrogen-bond donors (Lipinski definition) is 1. The second kappa shape index (κ2) is 6.63. The molecule has 0 N–H and O–H groups in total. The molecule has 1 aromatic heterocycles. The summed E-state index contributed by atoms with van der Waals surface area (Å²) in [5.41, 5.74) is 1.07. The Kier molecular flexibility index (Phi) is 5.81. The Bertz CT molecular complexity index is 254. The average molecular weight is 322 g/mol. The SMILES string of the molecule is CC(I)CCN(S)Cc1ccccn1. The normalized spacial score (nSPS) is 13.1. The fourth-order valence-electron chi connectivity index (χ4n) is 1.08. The van der Waals surface area contributed by atoms with Crippen LogP contribution in [0.4, 0.5) is 0 Å². The largest absolute Gasteiger partial charge is 0.260 e. The molecule has 1 atom stereocenters. The first-order valence-corrected chi connectivity index (χ1v) is 6.31. The van der Waals surface area contributed by atoms with Gasteiger partial charge < -0.3 is 0 Å². The van der Waals surface area contributed by atoms with Crippen molar-refractivity contribution in [3.8, 4) is 0 Å². The summed E-state index contributed by atoms with van der Waals surface area (Å²) in [7, 11) is 0. The summed E-state index contributed by atoms with van der Waals surface area (Å²) in [6, 6.07) is 5.96. The number of rotatable bonds is 5. The number of hydrogen-bond acceptors (Lipinski definition) is 3. The van der Waals surface area contributed by atoms with Gasteiger partial charge in [0.2, 0.25) is 0 Å². The van der Waals surface area contributed by atoms with E-state index in [1.165, 1.54) is 0 Å². The predicted octanol–water partition coefficient (Wildman–Crippen LogP) is 2.94. The van der Waals surface area contributed by atoms with Gasteiger partial charge in [-0.05, 0) is 18.6 Å². The van der Waals surface area contributed by atoms with E-state index in [1.807, 2.05) is 28.7 Å². The van der Waals surface area contributed by atoms with E-state index in [0.29, 0.717) is 3.92 Å². The summed E-state index contributed by atoms with van der Waals surface area (Å²) in [6.07, 6.45) is 2.98. The van der Waals surface area contributed by atoms with E-state index in [-0.39, 0.29) is 0 Å². The lowest BCUT2D eigenvalue weighted by Crippen LogP contribution is -2.16. The molecule has 0 fully saturated rings. The van der Waals surface area contributed by atoms with Crippen LogP contribution in [0.15, 0.2) is 24.4 Å². The third kappa shape index (κ3) is 5.17. The minimum absolute atomic E-state index is 0.700. The Hall–Kier alpha value is 0.190. The molecule has 1 unspecified atom stereocenters. The molecule has 2 nitrogen and oxygen atoms in total. The maximum atomic E-state index is 4.41. The van der Waals surface area contributed by atoms with Crippen molar-refractivity contribution in [2.75, 3.05) is 6.54 Å². The first-order chi connectivity index (χ1) is 6.68. The van der Waals surface area contributed by atoms with Crippen molar-refractivity contribution in [1.29, 1.82) is 0 Å². The third-order valence-electron chi connectivity index (χ3n) is 1.86. The third-order valence-corrected chi connectivity index (χ3v) is 2.82. The fourth-order valence-corrected chi connectivity index (χ4v) is 1.62. The molecule has 0 aromatic carbocycles. The van der Waals surface area contributed by atoms with Crippen molar-refractivity contribution in [3.05, 3.63) is 30.1 Å². The van der Waals surface area contributed by atoms with Crippen LogP contribution in [-0.4, -0.2) is 19.8 Å². The van der Waals surface area contributed by atoms with Crippen molar-refractivity contribution in [3.63, 3.8) is 0 Å². The molecule has 0 aliphatic heterocycles. The zero-order valence-electron chi connectivity index (χ0n) is 8.23. The number of halogens is 1. The topological polar surface area (TPSA) is 16.1 Å². The lowest BCUT2D eigenvalue weighted by atomic mass is 10.3. The average Bonchev–Trinajstić information content (AvgIpc) is 2.16. The minimum atomic E-state index is 0.700. The molecule has 0 spiro atoms. The van der Waals surface area contributed by atoms with E-state index >= 15 is 0 Å². The smallest absolute Gasteiger partial charge is 0.0553 e. The van der Waals surface area contributed by atoms with Crippen LogP contribution >= 0.6 is 35.4 Å². The van der Waals surface area contributed by atoms with Crippen molar-refractivity contribution < 1.29 is 0 Å². The summed E-state index contributed by atoms with van der Waals surface area (Å²) in [6.45, 7) is 4.03. The molecule has 78 valence electrons. The highest BCUT2D eigenvalue weighted by Crippen LogP contribution is 2.09. The highest BCUT2D eigenvalue weighted by molar-refractivity contribution is 14.1. The van der Waals surface area contributed by atoms with E-state index < -0.39 is 0 Å². The van der Waals surface area contributed by atoms with Crippen LogP contribution in [-0.2, 0) is 6.54 Å². The molecular weight excluding hydrogens is 307 g/mol. The Morgan fingerprint density at radius 3 is 2.93 bits per heavy atom. The molecule has 0 saturated carbocycles. The van der Waals surface area contributed by atoms with Crippen molar-refractivity contribution >= 4 is 35.4 Å². The van der Waals surface area contributed by atoms with Gasteiger partial charge in [-0.25, -0.2) is 4.31 Å². The predicted molar refractivity (Wildman–Crippen MR) is 71.7 cm³/mol. The molecule has 14 heavy (non-hydrogen) atoms. The van der Waals surface area contributed by atoms with Crippen LogP contribution in [0.25, 0.3) is 0 Å². The molecule has 0 radical (unpaired) electrons. The van der Waals surface area contributed by atoms with E-state index in [0.717, 1.165) is 25.2 Å². The second-order valence-corrected chi connectivity index (χ2v) is 5.97. The zero-order chi connectivity index (χ0) is 10.4. The Morgan fingerprint density at radius 2 is 2.36 bits per heavy atom. The molecule has 1 rings (SSSR count). The van der Waals surface area contributed by atoms with Gasteiger partial charge in [0.15, 0.2) is 0 Å². The lowest BCUT2D eigenvalue weighted by Gasteiger charge is -2.15. The molecule has 1 aromatic rings. The first-order valence-electron chi connectivity index (χ1n) is 4.66. The van der Waals surface area contributed by atoms with Gasteiger partial charge in [0.25, 0.3) is 0 Å². The van der Waals surface area contributed by atoms with Crippen LogP contribution in [0, 0.1) is 0 Å². The first kappa shape index (κ1) is 12.3. The molecule has 1 heterocycles. The number of aromatic nitrogens is 1. The Labute approximate surface area is 105 Å². The summed E-state index contributed by atoms with van der Waals surface area (Å²) in [5, 5.41) is 0. The van der Waals surface area contributed by atoms with Crippen LogP contribution in [0.1, 0.15) is 19.0 Å². The zero-order valence-corrected chi connectivity index (χ0v) is 11.3. The molecule has 0 aliphatic carbocycles. The van der Waals surface area contributed by atoms with E-state index in [9.17, 15) is 0 Å². The molecule has 0 bridgehead atoms. The van der Waals surface area contributed by atoms with Crippen molar-refractivity contribution in [1.82, 2.24) is 9.29 Å². The maximum Gasteiger partial charge on any atom is 0.0553 e. The summed E-state index contributed by atoms with van der Waals surface area (Å²) in [5.74, 6) is 0. The summed E-state index contributed by atoms with van der Waals surface area (Å²) in [4.78, 5) is 4.25. The van der Waals surface area contributed by atoms with Crippen LogP contribution in [0.2, 0.25) is 0 Å². The standard InChI is InChI=1S/C10H15IN2S/c1-9(11)5-7-13(14)8-10-4-2-3-6-12-10/h2-4,6,9,14H,5,7-8H2,1H3. The number of thiol groups is 1. The molecule has 4 heteroatoms. The maximum absolute atomic E-state index is 4.41. The van der Waals surface area contributed by atoms with Crippen molar-refractivity contribution in [2.45, 2.75) is 23.8 Å². The quantitative estimate of drug-likeness (QED) is 0.510. The van der Waals surface area contributed by atoms with Crippen molar-refractivity contribution in [2.24, 2.45) is 0 Å². The van der Waals surface area contributed by atoms with Crippen LogP contribution in [0.5, 0.6) is 0 Å². The fraction of sp³-hybridized carbons (Fsp3) is 0.500. The number of alkyl halides is 1. The Balaban J connectivity index is 2.30. The van der Waals surface area contributed by atoms with Gasteiger partial charge in [0.1, 0.15) is 0 Å². The van der Waals surface area contributed by atoms with Crippen LogP contribution < -0.4 is 0 Å². The monoisotopic (exact) mass is 322 g/mol. The molecule has 0 amide bonds. The van der Waals surface area contributed by atoms with E-state index in [4.69, 9.17) is 0 Å². The number of nitrogens with zero attached hydrogens (tertiary/aromatic N) is 2. The molecular formula is C10H15IN2S. The van der Waals surface area contributed by atoms with Gasteiger partial charge in [0.05, 0.1) is 12.2 Å². The van der Waals surface area contributed by atoms with E-state index in [1.54, 1.807) is 0 Å². The molecule has 0 aliphatic rings. The summed E-state index contributed by atoms with van der Waals surface area (Å²) < 4.78 is 2.71. The van der Waals surface area contributed by atoms with Crippen LogP contribution in [0.3, 0.4) is 0 Å². The van der Waals surface area contributed by atoms with Gasteiger partial charge in [-0.3, -0.25) is 4.98 Å². The minimum Gasteiger partial charge on any atom is -0.260 e. The number of pyridine rings is 1. The van der Waals surface area contributed by atoms with Gasteiger partial charge in [-0.2, -0.15) is 0 Å². The van der Waals surface area contributed by atoms with Gasteiger partial charge in [0, 0.05) is 16.7 Å². The highest BCUT2D eigenvalue weighted by Gasteiger charge is 2.03. The van der Waals surface area contributed by atoms with Gasteiger partial charge in [-0.1, -0.05) is 48.4 Å².